The van der Waals surface area contributed by atoms with Gasteiger partial charge in [-0.1, -0.05) is 17.9 Å². The third-order valence-electron chi connectivity index (χ3n) is 5.87. The summed E-state index contributed by atoms with van der Waals surface area (Å²) in [6, 6.07) is 4.99. The highest BCUT2D eigenvalue weighted by Gasteiger charge is 2.36. The number of hydrogen-bond acceptors (Lipinski definition) is 4. The number of aliphatic hydroxyl groups is 1. The minimum atomic E-state index is -1.25. The van der Waals surface area contributed by atoms with Crippen LogP contribution in [0.25, 0.3) is 17.0 Å². The van der Waals surface area contributed by atoms with Crippen molar-refractivity contribution in [2.75, 3.05) is 0 Å². The molecular formula is C24H22FN5O2. The van der Waals surface area contributed by atoms with Crippen molar-refractivity contribution in [2.45, 2.75) is 38.3 Å². The molecule has 0 spiro atoms. The fourth-order valence-corrected chi connectivity index (χ4v) is 4.26. The van der Waals surface area contributed by atoms with E-state index in [4.69, 9.17) is 5.73 Å². The lowest BCUT2D eigenvalue weighted by Gasteiger charge is -2.26. The number of hydrogen-bond donors (Lipinski definition) is 2. The highest BCUT2D eigenvalue weighted by atomic mass is 19.1. The Morgan fingerprint density at radius 3 is 2.75 bits per heavy atom. The summed E-state index contributed by atoms with van der Waals surface area (Å²) in [6.45, 7) is 3.08. The standard InChI is InChI=1S/C24H22FN5O2/c1-24(2,32)6-4-13-10-18-17(12-19(13)25)14-8-16(9-14)30-20(11-15-5-7-27-29(15)3)21(22(26)31)28-23(18)30/h5,7-8,10,12,16,32H,9,11H2,1-3H3,(H2,26,31). The van der Waals surface area contributed by atoms with Crippen molar-refractivity contribution in [2.24, 2.45) is 12.8 Å². The van der Waals surface area contributed by atoms with E-state index >= 15 is 0 Å². The van der Waals surface area contributed by atoms with Gasteiger partial charge in [0.05, 0.1) is 17.3 Å². The number of rotatable bonds is 3. The van der Waals surface area contributed by atoms with E-state index in [1.165, 1.54) is 19.9 Å². The molecule has 0 fully saturated rings. The fourth-order valence-electron chi connectivity index (χ4n) is 4.26. The minimum absolute atomic E-state index is 0.00481. The van der Waals surface area contributed by atoms with Gasteiger partial charge in [-0.15, -0.1) is 0 Å². The molecule has 1 atom stereocenters. The Hall–Kier alpha value is -3.70. The van der Waals surface area contributed by atoms with E-state index in [1.807, 2.05) is 17.7 Å². The smallest absolute Gasteiger partial charge is 0.269 e. The largest absolute Gasteiger partial charge is 0.378 e. The molecule has 1 aromatic carbocycles. The number of halogens is 1. The average molecular weight is 431 g/mol. The Balaban J connectivity index is 1.73. The highest BCUT2D eigenvalue weighted by molar-refractivity contribution is 5.94. The number of imidazole rings is 1. The van der Waals surface area contributed by atoms with Gasteiger partial charge >= 0.3 is 0 Å². The van der Waals surface area contributed by atoms with E-state index < -0.39 is 17.3 Å². The summed E-state index contributed by atoms with van der Waals surface area (Å²) in [5.41, 5.74) is 8.88. The Labute approximate surface area is 184 Å². The van der Waals surface area contributed by atoms with Crippen LogP contribution in [0.4, 0.5) is 4.39 Å². The fraction of sp³-hybridized carbons (Fsp3) is 0.292. The normalized spacial score (nSPS) is 16.2. The van der Waals surface area contributed by atoms with E-state index in [1.54, 1.807) is 16.9 Å². The van der Waals surface area contributed by atoms with Crippen molar-refractivity contribution in [3.63, 3.8) is 0 Å². The molecule has 0 radical (unpaired) electrons. The molecule has 1 aliphatic carbocycles. The van der Waals surface area contributed by atoms with Crippen LogP contribution in [0, 0.1) is 17.7 Å². The number of nitrogens with two attached hydrogens (primary N) is 1. The van der Waals surface area contributed by atoms with E-state index in [2.05, 4.69) is 28.0 Å². The van der Waals surface area contributed by atoms with Gasteiger partial charge in [0.25, 0.3) is 5.91 Å². The van der Waals surface area contributed by atoms with Crippen molar-refractivity contribution < 1.29 is 14.3 Å². The van der Waals surface area contributed by atoms with E-state index in [9.17, 15) is 14.3 Å². The first-order valence-electron chi connectivity index (χ1n) is 10.3. The van der Waals surface area contributed by atoms with Crippen molar-refractivity contribution >= 4 is 11.5 Å². The molecule has 2 aliphatic heterocycles. The summed E-state index contributed by atoms with van der Waals surface area (Å²) >= 11 is 0. The van der Waals surface area contributed by atoms with Crippen molar-refractivity contribution in [1.29, 1.82) is 0 Å². The number of amides is 1. The Morgan fingerprint density at radius 2 is 2.12 bits per heavy atom. The Kier molecular flexibility index (Phi) is 4.36. The van der Waals surface area contributed by atoms with E-state index in [-0.39, 0.29) is 17.3 Å². The quantitative estimate of drug-likeness (QED) is 0.623. The van der Waals surface area contributed by atoms with Gasteiger partial charge in [-0.05, 0) is 49.6 Å². The van der Waals surface area contributed by atoms with E-state index in [0.29, 0.717) is 29.9 Å². The van der Waals surface area contributed by atoms with E-state index in [0.717, 1.165) is 16.8 Å². The molecule has 2 aromatic heterocycles. The summed E-state index contributed by atoms with van der Waals surface area (Å²) in [5.74, 6) is 4.88. The zero-order valence-corrected chi connectivity index (χ0v) is 18.0. The van der Waals surface area contributed by atoms with Crippen LogP contribution in [0.1, 0.15) is 59.3 Å². The third kappa shape index (κ3) is 3.22. The summed E-state index contributed by atoms with van der Waals surface area (Å²) in [6.07, 6.45) is 4.91. The molecule has 0 saturated heterocycles. The van der Waals surface area contributed by atoms with Gasteiger partial charge in [-0.3, -0.25) is 9.48 Å². The molecule has 6 rings (SSSR count). The monoisotopic (exact) mass is 431 g/mol. The molecule has 4 heterocycles. The van der Waals surface area contributed by atoms with Crippen molar-refractivity contribution in [1.82, 2.24) is 19.3 Å². The molecule has 3 aliphatic rings. The average Bonchev–Trinajstić information content (AvgIpc) is 3.17. The van der Waals surface area contributed by atoms with Crippen LogP contribution in [0.3, 0.4) is 0 Å². The second kappa shape index (κ2) is 6.90. The van der Waals surface area contributed by atoms with Crippen LogP contribution < -0.4 is 5.73 Å². The molecule has 1 unspecified atom stereocenters. The first kappa shape index (κ1) is 20.2. The van der Waals surface area contributed by atoms with Crippen LogP contribution in [0.5, 0.6) is 0 Å². The Morgan fingerprint density at radius 1 is 1.38 bits per heavy atom. The molecule has 3 aromatic rings. The van der Waals surface area contributed by atoms with Crippen molar-refractivity contribution in [3.05, 3.63) is 64.5 Å². The summed E-state index contributed by atoms with van der Waals surface area (Å²) in [7, 11) is 1.84. The maximum Gasteiger partial charge on any atom is 0.269 e. The molecule has 3 N–H and O–H groups in total. The highest BCUT2D eigenvalue weighted by Crippen LogP contribution is 2.48. The van der Waals surface area contributed by atoms with Gasteiger partial charge in [0.15, 0.2) is 0 Å². The van der Waals surface area contributed by atoms with Crippen LogP contribution in [0.15, 0.2) is 30.5 Å². The van der Waals surface area contributed by atoms with Gasteiger partial charge in [-0.2, -0.15) is 5.10 Å². The number of carbonyl (C=O) groups is 1. The van der Waals surface area contributed by atoms with Crippen LogP contribution in [0.2, 0.25) is 0 Å². The lowest BCUT2D eigenvalue weighted by Crippen LogP contribution is -2.20. The molecule has 1 amide bonds. The maximum atomic E-state index is 14.8. The maximum absolute atomic E-state index is 14.8. The van der Waals surface area contributed by atoms with Crippen LogP contribution >= 0.6 is 0 Å². The number of benzene rings is 1. The van der Waals surface area contributed by atoms with Gasteiger partial charge in [0.2, 0.25) is 0 Å². The van der Waals surface area contributed by atoms with Crippen molar-refractivity contribution in [3.8, 4) is 23.2 Å². The number of primary amides is 1. The van der Waals surface area contributed by atoms with Gasteiger partial charge in [-0.25, -0.2) is 9.37 Å². The first-order valence-corrected chi connectivity index (χ1v) is 10.3. The lowest BCUT2D eigenvalue weighted by molar-refractivity contribution is 0.0995. The zero-order valence-electron chi connectivity index (χ0n) is 18.0. The lowest BCUT2D eigenvalue weighted by atomic mass is 9.86. The predicted molar refractivity (Wildman–Crippen MR) is 117 cm³/mol. The zero-order chi connectivity index (χ0) is 22.8. The molecule has 8 heteroatoms. The van der Waals surface area contributed by atoms with Gasteiger partial charge in [0, 0.05) is 30.9 Å². The number of carbonyl (C=O) groups excluding carboxylic acids is 1. The number of allylic oxidation sites excluding steroid dienone is 2. The topological polar surface area (TPSA) is 99.0 Å². The SMILES string of the molecule is Cn1nccc1Cc1c(C(N)=O)nc2n1C1C=C(C1)c1cc(F)c(C#CC(C)(C)O)cc1-2. The predicted octanol–water partition coefficient (Wildman–Crippen LogP) is 2.58. The number of aryl methyl sites for hydroxylation is 1. The molecule has 0 saturated carbocycles. The Bertz CT molecular complexity index is 1380. The number of nitrogens with zero attached hydrogens (tertiary/aromatic N) is 4. The summed E-state index contributed by atoms with van der Waals surface area (Å²) < 4.78 is 18.6. The second-order valence-corrected chi connectivity index (χ2v) is 8.74. The molecule has 32 heavy (non-hydrogen) atoms. The first-order chi connectivity index (χ1) is 15.1. The van der Waals surface area contributed by atoms with Crippen LogP contribution in [-0.2, 0) is 13.5 Å². The number of aromatic nitrogens is 4. The summed E-state index contributed by atoms with van der Waals surface area (Å²) in [5, 5.41) is 14.1. The molecule has 7 nitrogen and oxygen atoms in total. The third-order valence-corrected chi connectivity index (χ3v) is 5.87. The second-order valence-electron chi connectivity index (χ2n) is 8.74. The van der Waals surface area contributed by atoms with Gasteiger partial charge < -0.3 is 15.4 Å². The molecule has 162 valence electrons. The molecular weight excluding hydrogens is 409 g/mol. The van der Waals surface area contributed by atoms with Gasteiger partial charge in [0.1, 0.15) is 22.9 Å². The van der Waals surface area contributed by atoms with Crippen LogP contribution in [-0.4, -0.2) is 35.9 Å². The minimum Gasteiger partial charge on any atom is -0.378 e. The summed E-state index contributed by atoms with van der Waals surface area (Å²) in [4.78, 5) is 16.9. The molecule has 2 bridgehead atoms.